The van der Waals surface area contributed by atoms with Gasteiger partial charge < -0.3 is 20.3 Å². The van der Waals surface area contributed by atoms with Crippen molar-refractivity contribution in [3.05, 3.63) is 42.0 Å². The molecule has 0 amide bonds. The molecule has 1 saturated carbocycles. The zero-order chi connectivity index (χ0) is 18.9. The number of hydrogen-bond donors (Lipinski definition) is 2. The molecule has 27 heavy (non-hydrogen) atoms. The van der Waals surface area contributed by atoms with Crippen LogP contribution in [-0.2, 0) is 11.3 Å². The van der Waals surface area contributed by atoms with Crippen LogP contribution in [-0.4, -0.2) is 55.6 Å². The Labute approximate surface area is 161 Å². The Morgan fingerprint density at radius 2 is 1.96 bits per heavy atom. The lowest BCUT2D eigenvalue weighted by atomic mass is 9.58. The molecule has 1 aliphatic carbocycles. The third kappa shape index (κ3) is 3.34. The number of nitrogens with zero attached hydrogens (tertiary/aromatic N) is 1. The fourth-order valence-electron chi connectivity index (χ4n) is 4.85. The zero-order valence-electron chi connectivity index (χ0n) is 16.1. The molecule has 0 bridgehead atoms. The Bertz CT molecular complexity index is 786. The molecule has 5 nitrogen and oxygen atoms in total. The Morgan fingerprint density at radius 1 is 1.19 bits per heavy atom. The molecule has 1 aliphatic heterocycles. The van der Waals surface area contributed by atoms with E-state index < -0.39 is 0 Å². The van der Waals surface area contributed by atoms with Gasteiger partial charge in [-0.1, -0.05) is 30.3 Å². The number of rotatable bonds is 6. The topological polar surface area (TPSA) is 68.0 Å². The van der Waals surface area contributed by atoms with Crippen LogP contribution in [0.3, 0.4) is 0 Å². The van der Waals surface area contributed by atoms with Crippen LogP contribution in [0.4, 0.5) is 0 Å². The van der Waals surface area contributed by atoms with Crippen molar-refractivity contribution in [1.82, 2.24) is 4.90 Å². The highest BCUT2D eigenvalue weighted by atomic mass is 16.5. The van der Waals surface area contributed by atoms with Crippen LogP contribution >= 0.6 is 0 Å². The van der Waals surface area contributed by atoms with Crippen molar-refractivity contribution in [2.24, 2.45) is 11.1 Å². The highest BCUT2D eigenvalue weighted by Crippen LogP contribution is 2.51. The van der Waals surface area contributed by atoms with Crippen LogP contribution in [0.25, 0.3) is 10.8 Å². The molecular formula is C22H30N2O3. The number of benzene rings is 2. The average molecular weight is 370 g/mol. The van der Waals surface area contributed by atoms with Crippen molar-refractivity contribution in [2.45, 2.75) is 38.0 Å². The van der Waals surface area contributed by atoms with Gasteiger partial charge in [0.1, 0.15) is 5.75 Å². The summed E-state index contributed by atoms with van der Waals surface area (Å²) in [6, 6.07) is 12.7. The smallest absolute Gasteiger partial charge is 0.123 e. The Kier molecular flexibility index (Phi) is 5.37. The molecule has 0 aromatic heterocycles. The fraction of sp³-hybridized carbons (Fsp3) is 0.545. The van der Waals surface area contributed by atoms with Crippen molar-refractivity contribution in [2.75, 3.05) is 33.4 Å². The van der Waals surface area contributed by atoms with Gasteiger partial charge in [0.05, 0.1) is 25.9 Å². The van der Waals surface area contributed by atoms with Crippen LogP contribution in [0.15, 0.2) is 36.4 Å². The molecule has 2 fully saturated rings. The van der Waals surface area contributed by atoms with E-state index in [1.807, 2.05) is 0 Å². The number of hydrogen-bond acceptors (Lipinski definition) is 5. The predicted molar refractivity (Wildman–Crippen MR) is 107 cm³/mol. The lowest BCUT2D eigenvalue weighted by Crippen LogP contribution is -2.62. The molecule has 2 aromatic carbocycles. The molecule has 4 rings (SSSR count). The first-order chi connectivity index (χ1) is 13.2. The maximum absolute atomic E-state index is 10.4. The second-order valence-electron chi connectivity index (χ2n) is 7.88. The van der Waals surface area contributed by atoms with Crippen molar-refractivity contribution < 1.29 is 14.6 Å². The van der Waals surface area contributed by atoms with E-state index in [2.05, 4.69) is 41.3 Å². The molecule has 146 valence electrons. The Morgan fingerprint density at radius 3 is 2.67 bits per heavy atom. The lowest BCUT2D eigenvalue weighted by Gasteiger charge is -2.56. The van der Waals surface area contributed by atoms with Crippen molar-refractivity contribution >= 4 is 10.8 Å². The molecule has 2 atom stereocenters. The second-order valence-corrected chi connectivity index (χ2v) is 7.88. The molecule has 2 aromatic rings. The summed E-state index contributed by atoms with van der Waals surface area (Å²) >= 11 is 0. The largest absolute Gasteiger partial charge is 0.496 e. The van der Waals surface area contributed by atoms with Gasteiger partial charge in [0.15, 0.2) is 0 Å². The summed E-state index contributed by atoms with van der Waals surface area (Å²) in [7, 11) is 1.74. The number of fused-ring (bicyclic) bond motifs is 1. The van der Waals surface area contributed by atoms with Gasteiger partial charge in [-0.25, -0.2) is 0 Å². The third-order valence-corrected chi connectivity index (χ3v) is 6.57. The summed E-state index contributed by atoms with van der Waals surface area (Å²) in [5, 5.41) is 12.9. The van der Waals surface area contributed by atoms with Crippen LogP contribution < -0.4 is 10.5 Å². The van der Waals surface area contributed by atoms with E-state index in [1.165, 1.54) is 16.3 Å². The van der Waals surface area contributed by atoms with Crippen molar-refractivity contribution in [1.29, 1.82) is 0 Å². The van der Waals surface area contributed by atoms with Crippen LogP contribution in [0.1, 0.15) is 24.8 Å². The van der Waals surface area contributed by atoms with E-state index in [9.17, 15) is 5.11 Å². The highest BCUT2D eigenvalue weighted by molar-refractivity contribution is 5.87. The quantitative estimate of drug-likeness (QED) is 0.818. The van der Waals surface area contributed by atoms with Gasteiger partial charge >= 0.3 is 0 Å². The van der Waals surface area contributed by atoms with Crippen LogP contribution in [0, 0.1) is 5.41 Å². The first-order valence-electron chi connectivity index (χ1n) is 9.94. The summed E-state index contributed by atoms with van der Waals surface area (Å²) in [4.78, 5) is 2.47. The SMILES string of the molecule is COc1ccc2ccccc2c1CN1CCC2(CC1)[C@@H](O)C[C@H]2OCCN. The van der Waals surface area contributed by atoms with E-state index >= 15 is 0 Å². The summed E-state index contributed by atoms with van der Waals surface area (Å²) in [5.74, 6) is 0.946. The molecule has 0 radical (unpaired) electrons. The maximum atomic E-state index is 10.4. The van der Waals surface area contributed by atoms with Gasteiger partial charge in [-0.3, -0.25) is 4.90 Å². The summed E-state index contributed by atoms with van der Waals surface area (Å²) in [5.41, 5.74) is 6.75. The second kappa shape index (κ2) is 7.76. The molecular weight excluding hydrogens is 340 g/mol. The number of piperidine rings is 1. The minimum atomic E-state index is -0.241. The zero-order valence-corrected chi connectivity index (χ0v) is 16.1. The molecule has 1 heterocycles. The number of nitrogens with two attached hydrogens (primary N) is 1. The summed E-state index contributed by atoms with van der Waals surface area (Å²) in [6.07, 6.45) is 2.60. The molecule has 1 spiro atoms. The number of likely N-dealkylation sites (tertiary alicyclic amines) is 1. The van der Waals surface area contributed by atoms with E-state index in [0.717, 1.165) is 44.6 Å². The molecule has 2 aliphatic rings. The Hall–Kier alpha value is -1.66. The maximum Gasteiger partial charge on any atom is 0.123 e. The van der Waals surface area contributed by atoms with Crippen LogP contribution in [0.2, 0.25) is 0 Å². The van der Waals surface area contributed by atoms with Gasteiger partial charge in [0.2, 0.25) is 0 Å². The van der Waals surface area contributed by atoms with E-state index in [0.29, 0.717) is 13.2 Å². The van der Waals surface area contributed by atoms with Gasteiger partial charge in [-0.2, -0.15) is 0 Å². The number of methoxy groups -OCH3 is 1. The van der Waals surface area contributed by atoms with Gasteiger partial charge in [0, 0.05) is 30.5 Å². The normalized spacial score (nSPS) is 24.9. The van der Waals surface area contributed by atoms with E-state index in [4.69, 9.17) is 15.2 Å². The van der Waals surface area contributed by atoms with Gasteiger partial charge in [0.25, 0.3) is 0 Å². The van der Waals surface area contributed by atoms with Crippen molar-refractivity contribution in [3.63, 3.8) is 0 Å². The lowest BCUT2D eigenvalue weighted by molar-refractivity contribution is -0.210. The summed E-state index contributed by atoms with van der Waals surface area (Å²) in [6.45, 7) is 3.91. The highest BCUT2D eigenvalue weighted by Gasteiger charge is 2.56. The minimum absolute atomic E-state index is 0.0749. The van der Waals surface area contributed by atoms with E-state index in [-0.39, 0.29) is 17.6 Å². The minimum Gasteiger partial charge on any atom is -0.496 e. The fourth-order valence-corrected chi connectivity index (χ4v) is 4.85. The third-order valence-electron chi connectivity index (χ3n) is 6.57. The molecule has 5 heteroatoms. The molecule has 0 unspecified atom stereocenters. The number of ether oxygens (including phenoxy) is 2. The number of aliphatic hydroxyl groups is 1. The van der Waals surface area contributed by atoms with E-state index in [1.54, 1.807) is 7.11 Å². The van der Waals surface area contributed by atoms with Gasteiger partial charge in [-0.15, -0.1) is 0 Å². The standard InChI is InChI=1S/C22H30N2O3/c1-26-19-7-6-16-4-2-3-5-17(16)18(19)15-24-11-8-22(9-12-24)20(25)14-21(22)27-13-10-23/h2-7,20-21,25H,8-15,23H2,1H3/t20-,21+/m0/s1. The monoisotopic (exact) mass is 370 g/mol. The molecule has 1 saturated heterocycles. The van der Waals surface area contributed by atoms with Crippen LogP contribution in [0.5, 0.6) is 5.75 Å². The number of aliphatic hydroxyl groups excluding tert-OH is 1. The van der Waals surface area contributed by atoms with Gasteiger partial charge in [-0.05, 0) is 42.8 Å². The molecule has 3 N–H and O–H groups in total. The first kappa shape index (κ1) is 18.7. The Balaban J connectivity index is 1.48. The average Bonchev–Trinajstić information content (AvgIpc) is 2.71. The van der Waals surface area contributed by atoms with Crippen molar-refractivity contribution in [3.8, 4) is 5.75 Å². The first-order valence-corrected chi connectivity index (χ1v) is 9.94. The predicted octanol–water partition coefficient (Wildman–Crippen LogP) is 2.54. The summed E-state index contributed by atoms with van der Waals surface area (Å²) < 4.78 is 11.6.